The zero-order valence-corrected chi connectivity index (χ0v) is 19.0. The molecule has 0 radical (unpaired) electrons. The number of carbonyl (C=O) groups excluding carboxylic acids is 1. The van der Waals surface area contributed by atoms with E-state index in [0.717, 1.165) is 21.3 Å². The van der Waals surface area contributed by atoms with Gasteiger partial charge in [0.2, 0.25) is 0 Å². The van der Waals surface area contributed by atoms with Crippen LogP contribution in [-0.4, -0.2) is 19.3 Å². The Morgan fingerprint density at radius 3 is 2.48 bits per heavy atom. The van der Waals surface area contributed by atoms with Gasteiger partial charge < -0.3 is 0 Å². The maximum absolute atomic E-state index is 12.9. The van der Waals surface area contributed by atoms with Crippen LogP contribution in [0.3, 0.4) is 0 Å². The van der Waals surface area contributed by atoms with Gasteiger partial charge in [-0.25, -0.2) is 13.4 Å². The number of amides is 1. The number of nitrogens with one attached hydrogen (secondary N) is 2. The van der Waals surface area contributed by atoms with Crippen LogP contribution in [0.5, 0.6) is 0 Å². The molecule has 9 heteroatoms. The van der Waals surface area contributed by atoms with E-state index in [1.165, 1.54) is 41.7 Å². The zero-order chi connectivity index (χ0) is 22.2. The van der Waals surface area contributed by atoms with Crippen LogP contribution in [0.25, 0.3) is 10.2 Å². The number of thiazole rings is 1. The third-order valence-electron chi connectivity index (χ3n) is 4.58. The molecule has 1 aromatic heterocycles. The second kappa shape index (κ2) is 8.30. The van der Waals surface area contributed by atoms with E-state index in [4.69, 9.17) is 11.6 Å². The molecule has 0 atom stereocenters. The predicted molar refractivity (Wildman–Crippen MR) is 126 cm³/mol. The van der Waals surface area contributed by atoms with Crippen LogP contribution in [-0.2, 0) is 10.0 Å². The molecule has 1 amide bonds. The highest BCUT2D eigenvalue weighted by molar-refractivity contribution is 7.92. The molecule has 6 nitrogen and oxygen atoms in total. The Balaban J connectivity index is 1.61. The Kier molecular flexibility index (Phi) is 5.70. The highest BCUT2D eigenvalue weighted by Gasteiger charge is 2.19. The van der Waals surface area contributed by atoms with Crippen molar-refractivity contribution in [3.63, 3.8) is 0 Å². The molecule has 0 bridgehead atoms. The van der Waals surface area contributed by atoms with Crippen molar-refractivity contribution < 1.29 is 13.2 Å². The summed E-state index contributed by atoms with van der Waals surface area (Å²) in [4.78, 5) is 17.5. The van der Waals surface area contributed by atoms with Gasteiger partial charge >= 0.3 is 0 Å². The van der Waals surface area contributed by atoms with Gasteiger partial charge in [0.05, 0.1) is 26.4 Å². The van der Waals surface area contributed by atoms with Gasteiger partial charge in [0.1, 0.15) is 0 Å². The molecule has 0 aliphatic heterocycles. The van der Waals surface area contributed by atoms with Crippen LogP contribution >= 0.6 is 22.9 Å². The largest absolute Gasteiger partial charge is 0.298 e. The molecule has 31 heavy (non-hydrogen) atoms. The summed E-state index contributed by atoms with van der Waals surface area (Å²) in [5, 5.41) is 3.66. The Labute approximate surface area is 189 Å². The fourth-order valence-electron chi connectivity index (χ4n) is 3.18. The maximum atomic E-state index is 12.9. The third kappa shape index (κ3) is 4.56. The summed E-state index contributed by atoms with van der Waals surface area (Å²) in [6.45, 7) is 3.99. The minimum absolute atomic E-state index is 0.0455. The number of benzene rings is 3. The standard InChI is InChI=1S/C22H18ClN3O3S2/c1-13-11-14(2)20-19(12-13)24-22(30-20)25-21(27)17-5-3-4-6-18(17)26-31(28,29)16-9-7-15(23)8-10-16/h3-12,26H,1-2H3,(H,24,25,27). The molecule has 2 N–H and O–H groups in total. The summed E-state index contributed by atoms with van der Waals surface area (Å²) in [7, 11) is -3.89. The molecule has 1 heterocycles. The molecule has 4 aromatic rings. The summed E-state index contributed by atoms with van der Waals surface area (Å²) < 4.78 is 29.0. The number of rotatable bonds is 5. The van der Waals surface area contributed by atoms with Crippen molar-refractivity contribution in [3.8, 4) is 0 Å². The fourth-order valence-corrected chi connectivity index (χ4v) is 5.30. The van der Waals surface area contributed by atoms with E-state index in [1.54, 1.807) is 18.2 Å². The summed E-state index contributed by atoms with van der Waals surface area (Å²) in [6.07, 6.45) is 0. The normalized spacial score (nSPS) is 11.5. The zero-order valence-electron chi connectivity index (χ0n) is 16.6. The van der Waals surface area contributed by atoms with Crippen molar-refractivity contribution in [2.45, 2.75) is 18.7 Å². The van der Waals surface area contributed by atoms with Crippen molar-refractivity contribution in [2.75, 3.05) is 10.0 Å². The van der Waals surface area contributed by atoms with Crippen molar-refractivity contribution in [1.82, 2.24) is 4.98 Å². The minimum atomic E-state index is -3.89. The maximum Gasteiger partial charge on any atom is 0.261 e. The van der Waals surface area contributed by atoms with Crippen LogP contribution in [0.15, 0.2) is 65.6 Å². The van der Waals surface area contributed by atoms with Gasteiger partial charge in [0.25, 0.3) is 15.9 Å². The van der Waals surface area contributed by atoms with E-state index in [2.05, 4.69) is 21.1 Å². The van der Waals surface area contributed by atoms with Gasteiger partial charge in [0, 0.05) is 5.02 Å². The molecular weight excluding hydrogens is 454 g/mol. The molecule has 0 unspecified atom stereocenters. The number of hydrogen-bond acceptors (Lipinski definition) is 5. The Hall–Kier alpha value is -2.94. The highest BCUT2D eigenvalue weighted by Crippen LogP contribution is 2.30. The number of para-hydroxylation sites is 1. The van der Waals surface area contributed by atoms with Crippen molar-refractivity contribution in [3.05, 3.63) is 82.4 Å². The Morgan fingerprint density at radius 1 is 1.03 bits per heavy atom. The molecule has 158 valence electrons. The quantitative estimate of drug-likeness (QED) is 0.395. The van der Waals surface area contributed by atoms with Crippen LogP contribution in [0, 0.1) is 13.8 Å². The highest BCUT2D eigenvalue weighted by atomic mass is 35.5. The summed E-state index contributed by atoms with van der Waals surface area (Å²) in [5.41, 5.74) is 3.35. The number of fused-ring (bicyclic) bond motifs is 1. The fraction of sp³-hybridized carbons (Fsp3) is 0.0909. The molecular formula is C22H18ClN3O3S2. The molecule has 0 aliphatic carbocycles. The topological polar surface area (TPSA) is 88.2 Å². The lowest BCUT2D eigenvalue weighted by Gasteiger charge is -2.12. The van der Waals surface area contributed by atoms with Crippen LogP contribution in [0.1, 0.15) is 21.5 Å². The Morgan fingerprint density at radius 2 is 1.74 bits per heavy atom. The lowest BCUT2D eigenvalue weighted by Crippen LogP contribution is -2.18. The summed E-state index contributed by atoms with van der Waals surface area (Å²) >= 11 is 7.22. The van der Waals surface area contributed by atoms with Gasteiger partial charge in [-0.2, -0.15) is 0 Å². The van der Waals surface area contributed by atoms with E-state index in [9.17, 15) is 13.2 Å². The molecule has 0 aliphatic rings. The summed E-state index contributed by atoms with van der Waals surface area (Å²) in [6, 6.07) is 16.2. The smallest absolute Gasteiger partial charge is 0.261 e. The first-order chi connectivity index (χ1) is 14.7. The molecule has 0 saturated heterocycles. The number of nitrogens with zero attached hydrogens (tertiary/aromatic N) is 1. The first-order valence-electron chi connectivity index (χ1n) is 9.29. The SMILES string of the molecule is Cc1cc(C)c2sc(NC(=O)c3ccccc3NS(=O)(=O)c3ccc(Cl)cc3)nc2c1. The van der Waals surface area contributed by atoms with Crippen LogP contribution in [0.4, 0.5) is 10.8 Å². The minimum Gasteiger partial charge on any atom is -0.298 e. The van der Waals surface area contributed by atoms with Gasteiger partial charge in [-0.15, -0.1) is 0 Å². The number of anilines is 2. The second-order valence-corrected chi connectivity index (χ2v) is 10.1. The van der Waals surface area contributed by atoms with Crippen LogP contribution in [0.2, 0.25) is 5.02 Å². The van der Waals surface area contributed by atoms with Crippen molar-refractivity contribution in [2.24, 2.45) is 0 Å². The first kappa shape index (κ1) is 21.3. The molecule has 3 aromatic carbocycles. The van der Waals surface area contributed by atoms with E-state index >= 15 is 0 Å². The van der Waals surface area contributed by atoms with Crippen molar-refractivity contribution >= 4 is 59.9 Å². The number of carbonyl (C=O) groups is 1. The lowest BCUT2D eigenvalue weighted by molar-refractivity contribution is 0.102. The van der Waals surface area contributed by atoms with E-state index in [-0.39, 0.29) is 16.1 Å². The van der Waals surface area contributed by atoms with E-state index < -0.39 is 15.9 Å². The van der Waals surface area contributed by atoms with Gasteiger partial charge in [-0.3, -0.25) is 14.8 Å². The van der Waals surface area contributed by atoms with Crippen LogP contribution < -0.4 is 10.0 Å². The van der Waals surface area contributed by atoms with Gasteiger partial charge in [0.15, 0.2) is 5.13 Å². The first-order valence-corrected chi connectivity index (χ1v) is 12.0. The van der Waals surface area contributed by atoms with Gasteiger partial charge in [-0.05, 0) is 67.4 Å². The second-order valence-electron chi connectivity index (χ2n) is 7.01. The Bertz CT molecular complexity index is 1400. The number of aromatic nitrogens is 1. The monoisotopic (exact) mass is 471 g/mol. The molecule has 0 fully saturated rings. The average molecular weight is 472 g/mol. The molecule has 0 spiro atoms. The lowest BCUT2D eigenvalue weighted by atomic mass is 10.1. The molecule has 0 saturated carbocycles. The van der Waals surface area contributed by atoms with Crippen molar-refractivity contribution in [1.29, 1.82) is 0 Å². The van der Waals surface area contributed by atoms with Gasteiger partial charge in [-0.1, -0.05) is 41.1 Å². The summed E-state index contributed by atoms with van der Waals surface area (Å²) in [5.74, 6) is -0.456. The predicted octanol–water partition coefficient (Wildman–Crippen LogP) is 5.62. The number of halogens is 1. The third-order valence-corrected chi connectivity index (χ3v) is 7.34. The van der Waals surface area contributed by atoms with E-state index in [0.29, 0.717) is 10.2 Å². The molecule has 4 rings (SSSR count). The number of hydrogen-bond donors (Lipinski definition) is 2. The number of sulfonamides is 1. The van der Waals surface area contributed by atoms with E-state index in [1.807, 2.05) is 19.9 Å². The average Bonchev–Trinajstić information content (AvgIpc) is 3.11. The number of aryl methyl sites for hydroxylation is 2.